The Labute approximate surface area is 442 Å². The van der Waals surface area contributed by atoms with E-state index in [-0.39, 0.29) is 41.8 Å². The third-order valence-corrected chi connectivity index (χ3v) is 21.0. The lowest BCUT2D eigenvalue weighted by molar-refractivity contribution is -0.367. The van der Waals surface area contributed by atoms with Gasteiger partial charge in [0.25, 0.3) is 0 Å². The van der Waals surface area contributed by atoms with Gasteiger partial charge in [-0.2, -0.15) is 0 Å². The van der Waals surface area contributed by atoms with Gasteiger partial charge < -0.3 is 109 Å². The highest BCUT2D eigenvalue weighted by molar-refractivity contribution is 5.79. The second-order valence-corrected chi connectivity index (χ2v) is 25.8. The lowest BCUT2D eigenvalue weighted by Gasteiger charge is -2.71. The minimum absolute atomic E-state index is 0.0805. The zero-order valence-corrected chi connectivity index (χ0v) is 44.4. The van der Waals surface area contributed by atoms with Gasteiger partial charge in [-0.15, -0.1) is 0 Å². The number of aliphatic hydroxyl groups is 14. The first-order valence-corrected chi connectivity index (χ1v) is 27.4. The molecule has 14 N–H and O–H groups in total. The van der Waals surface area contributed by atoms with Crippen molar-refractivity contribution in [2.24, 2.45) is 50.2 Å². The summed E-state index contributed by atoms with van der Waals surface area (Å²) in [5, 5.41) is 149. The summed E-state index contributed by atoms with van der Waals surface area (Å²) in [6.07, 6.45) is -22.5. The summed E-state index contributed by atoms with van der Waals surface area (Å²) in [4.78, 5) is 15.1. The molecule has 0 aromatic heterocycles. The Balaban J connectivity index is 0.933. The van der Waals surface area contributed by atoms with Gasteiger partial charge in [-0.1, -0.05) is 53.2 Å². The number of ether oxygens (including phenoxy) is 8. The van der Waals surface area contributed by atoms with Crippen molar-refractivity contribution in [1.29, 1.82) is 0 Å². The van der Waals surface area contributed by atoms with E-state index in [0.29, 0.717) is 44.9 Å². The Morgan fingerprint density at radius 2 is 1.18 bits per heavy atom. The van der Waals surface area contributed by atoms with Crippen LogP contribution < -0.4 is 0 Å². The van der Waals surface area contributed by atoms with Gasteiger partial charge >= 0.3 is 5.97 Å². The first-order valence-electron chi connectivity index (χ1n) is 27.4. The Kier molecular flexibility index (Phi) is 16.8. The fourth-order valence-electron chi connectivity index (χ4n) is 16.3. The number of esters is 1. The van der Waals surface area contributed by atoms with E-state index < -0.39 is 170 Å². The fourth-order valence-corrected chi connectivity index (χ4v) is 16.3. The van der Waals surface area contributed by atoms with Crippen molar-refractivity contribution in [3.63, 3.8) is 0 Å². The molecule has 0 aromatic carbocycles. The number of aliphatic hydroxyl groups excluding tert-OH is 14. The maximum atomic E-state index is 15.1. The quantitative estimate of drug-likeness (QED) is 0.0549. The lowest BCUT2D eigenvalue weighted by atomic mass is 9.33. The van der Waals surface area contributed by atoms with Crippen molar-refractivity contribution < 1.29 is 114 Å². The predicted octanol–water partition coefficient (Wildman–Crippen LogP) is -2.42. The van der Waals surface area contributed by atoms with Crippen molar-refractivity contribution >= 4 is 5.97 Å². The molecule has 9 rings (SSSR count). The molecule has 0 radical (unpaired) electrons. The van der Waals surface area contributed by atoms with E-state index in [0.717, 1.165) is 24.8 Å². The van der Waals surface area contributed by atoms with Crippen molar-refractivity contribution in [2.45, 2.75) is 229 Å². The van der Waals surface area contributed by atoms with Crippen LogP contribution in [0.1, 0.15) is 106 Å². The van der Waals surface area contributed by atoms with Crippen molar-refractivity contribution in [3.05, 3.63) is 11.6 Å². The van der Waals surface area contributed by atoms with E-state index in [4.69, 9.17) is 37.9 Å². The summed E-state index contributed by atoms with van der Waals surface area (Å²) < 4.78 is 47.5. The predicted molar refractivity (Wildman–Crippen MR) is 258 cm³/mol. The average Bonchev–Trinajstić information content (AvgIpc) is 3.42. The smallest absolute Gasteiger partial charge is 0.315 e. The average molecular weight is 1090 g/mol. The molecule has 0 amide bonds. The van der Waals surface area contributed by atoms with Crippen LogP contribution in [0.3, 0.4) is 0 Å². The molecule has 436 valence electrons. The number of carbonyl (C=O) groups is 1. The number of carbonyl (C=O) groups excluding carboxylic acids is 1. The molecule has 76 heavy (non-hydrogen) atoms. The highest BCUT2D eigenvalue weighted by Crippen LogP contribution is 2.76. The third kappa shape index (κ3) is 9.56. The molecule has 5 aliphatic carbocycles. The van der Waals surface area contributed by atoms with Gasteiger partial charge in [-0.05, 0) is 104 Å². The number of allylic oxidation sites excluding steroid dienone is 1. The topological polar surface area (TPSA) is 374 Å². The third-order valence-electron chi connectivity index (χ3n) is 21.0. The summed E-state index contributed by atoms with van der Waals surface area (Å²) >= 11 is 0. The highest BCUT2D eigenvalue weighted by atomic mass is 16.8. The molecule has 27 atom stereocenters. The molecular formula is C53H86O23. The summed E-state index contributed by atoms with van der Waals surface area (Å²) in [5.74, 6) is -0.857. The van der Waals surface area contributed by atoms with Gasteiger partial charge in [0.2, 0.25) is 6.29 Å². The van der Waals surface area contributed by atoms with Crippen molar-refractivity contribution in [2.75, 3.05) is 33.0 Å². The number of fused-ring (bicyclic) bond motifs is 7. The van der Waals surface area contributed by atoms with E-state index in [9.17, 15) is 71.5 Å². The molecular weight excluding hydrogens is 1000 g/mol. The van der Waals surface area contributed by atoms with E-state index in [1.54, 1.807) is 0 Å². The Morgan fingerprint density at radius 1 is 0.605 bits per heavy atom. The Bertz CT molecular complexity index is 2080. The maximum absolute atomic E-state index is 15.1. The standard InChI is InChI=1S/C53H86O23/c1-48(2)13-14-52(47(68)76-45-41(67)38(64)35(61)28(73-45)21-70-43-39(65)36(62)33(59)26(18-54)71-43)15-16-53(22-56)23(24(52)17-48)7-8-30-50(5)11-10-31(49(3,4)29(50)9-12-51(30,53)6)74-46-42(32(58)25(57)20-69-46)75-44-40(66)37(63)34(60)27(19-55)72-44/h7,24-46,54-67H,8-22H2,1-6H3/t24-,25-,26+,27+,28+,29-,30+,31-,32-,33+,34+,35+,36-,37-,38-,39+,40+,41+,42+,43+,44-,45-,46-,50-,51+,52-,53-/m0/s1. The van der Waals surface area contributed by atoms with Crippen LogP contribution >= 0.6 is 0 Å². The highest BCUT2D eigenvalue weighted by Gasteiger charge is 2.71. The van der Waals surface area contributed by atoms with Gasteiger partial charge in [0.15, 0.2) is 18.9 Å². The molecule has 23 heteroatoms. The van der Waals surface area contributed by atoms with Gasteiger partial charge in [0, 0.05) is 5.41 Å². The molecule has 0 bridgehead atoms. The van der Waals surface area contributed by atoms with Crippen molar-refractivity contribution in [1.82, 2.24) is 0 Å². The van der Waals surface area contributed by atoms with Crippen LogP contribution in [-0.4, -0.2) is 233 Å². The molecule has 23 nitrogen and oxygen atoms in total. The molecule has 4 saturated heterocycles. The van der Waals surface area contributed by atoms with Crippen LogP contribution in [0.4, 0.5) is 0 Å². The van der Waals surface area contributed by atoms with Gasteiger partial charge in [-0.25, -0.2) is 0 Å². The monoisotopic (exact) mass is 1090 g/mol. The van der Waals surface area contributed by atoms with E-state index in [2.05, 4.69) is 47.6 Å². The van der Waals surface area contributed by atoms with Crippen molar-refractivity contribution in [3.8, 4) is 0 Å². The fraction of sp³-hybridized carbons (Fsp3) is 0.943. The minimum Gasteiger partial charge on any atom is -0.432 e. The Morgan fingerprint density at radius 3 is 1.82 bits per heavy atom. The first-order chi connectivity index (χ1) is 35.7. The first kappa shape index (κ1) is 59.0. The number of rotatable bonds is 12. The van der Waals surface area contributed by atoms with E-state index >= 15 is 4.79 Å². The van der Waals surface area contributed by atoms with Crippen LogP contribution in [0.5, 0.6) is 0 Å². The van der Waals surface area contributed by atoms with Crippen LogP contribution in [0.25, 0.3) is 0 Å². The molecule has 0 spiro atoms. The molecule has 0 aromatic rings. The van der Waals surface area contributed by atoms with Crippen LogP contribution in [0.2, 0.25) is 0 Å². The van der Waals surface area contributed by atoms with E-state index in [1.165, 1.54) is 0 Å². The second-order valence-electron chi connectivity index (χ2n) is 25.8. The largest absolute Gasteiger partial charge is 0.432 e. The van der Waals surface area contributed by atoms with Crippen LogP contribution in [0, 0.1) is 50.2 Å². The van der Waals surface area contributed by atoms with Gasteiger partial charge in [0.05, 0.1) is 44.6 Å². The number of hydrogen-bond acceptors (Lipinski definition) is 23. The zero-order valence-electron chi connectivity index (χ0n) is 44.4. The second kappa shape index (κ2) is 21.6. The SMILES string of the molecule is CC1(C)CC[C@]2(C(=O)O[C@@H]3O[C@H](CO[C@@H]4O[C@H](CO)[C@@H](O)[C@H](O)[C@H]4O)[C@@H](O)[C@H](O)[C@H]3O)CC[C@]3(CO)C(=CC[C@@H]4[C@@]5(C)CC[C@H](O[C@@H]6OC[C@H](O)[C@H](O)[C@H]6O[C@@H]6O[C@H](CO)[C@@H](O)[C@H](O)[C@H]6O)C(C)(C)[C@@H]5CC[C@]43C)[C@@H]2C1. The molecule has 0 unspecified atom stereocenters. The zero-order chi connectivity index (χ0) is 55.4. The minimum atomic E-state index is -1.87. The summed E-state index contributed by atoms with van der Waals surface area (Å²) in [6, 6.07) is 0. The molecule has 9 aliphatic rings. The van der Waals surface area contributed by atoms with E-state index in [1.807, 2.05) is 0 Å². The lowest BCUT2D eigenvalue weighted by Crippen LogP contribution is -2.67. The maximum Gasteiger partial charge on any atom is 0.315 e. The summed E-state index contributed by atoms with van der Waals surface area (Å²) in [6.45, 7) is 10.8. The van der Waals surface area contributed by atoms with Gasteiger partial charge in [0.1, 0.15) is 91.6 Å². The molecule has 4 saturated carbocycles. The Hall–Kier alpha value is -1.63. The summed E-state index contributed by atoms with van der Waals surface area (Å²) in [7, 11) is 0. The summed E-state index contributed by atoms with van der Waals surface area (Å²) in [5.41, 5.74) is -2.24. The normalized spacial score (nSPS) is 53.0. The van der Waals surface area contributed by atoms with Gasteiger partial charge in [-0.3, -0.25) is 4.79 Å². The molecule has 4 aliphatic heterocycles. The van der Waals surface area contributed by atoms with Crippen LogP contribution in [-0.2, 0) is 42.7 Å². The van der Waals surface area contributed by atoms with Crippen LogP contribution in [0.15, 0.2) is 11.6 Å². The molecule has 8 fully saturated rings. The molecule has 4 heterocycles. The number of hydrogen-bond donors (Lipinski definition) is 14.